The Morgan fingerprint density at radius 3 is 2.34 bits per heavy atom. The molecule has 2 unspecified atom stereocenters. The van der Waals surface area contributed by atoms with Gasteiger partial charge in [0.25, 0.3) is 0 Å². The molecule has 1 aliphatic heterocycles. The molecule has 4 atom stereocenters. The molecule has 0 radical (unpaired) electrons. The van der Waals surface area contributed by atoms with E-state index in [1.54, 1.807) is 4.90 Å². The fourth-order valence-electron chi connectivity index (χ4n) is 4.10. The van der Waals surface area contributed by atoms with Crippen molar-refractivity contribution in [3.05, 3.63) is 29.6 Å². The maximum Gasteiger partial charge on any atom is 0.418 e. The molecule has 29 heavy (non-hydrogen) atoms. The van der Waals surface area contributed by atoms with Crippen LogP contribution in [0.25, 0.3) is 0 Å². The predicted octanol–water partition coefficient (Wildman–Crippen LogP) is 2.72. The lowest BCUT2D eigenvalue weighted by molar-refractivity contribution is -0.236. The second-order valence-electron chi connectivity index (χ2n) is 9.38. The lowest BCUT2D eigenvalue weighted by Crippen LogP contribution is -2.46. The van der Waals surface area contributed by atoms with E-state index in [0.29, 0.717) is 13.1 Å². The number of fused-ring (bicyclic) bond motifs is 1. The Labute approximate surface area is 168 Å². The molecular weight excluding hydrogens is 387 g/mol. The van der Waals surface area contributed by atoms with Crippen LogP contribution in [0.5, 0.6) is 0 Å². The summed E-state index contributed by atoms with van der Waals surface area (Å²) in [5, 5.41) is 12.9. The first kappa shape index (κ1) is 22.0. The third-order valence-corrected chi connectivity index (χ3v) is 5.44. The molecule has 1 aromatic heterocycles. The number of rotatable bonds is 5. The maximum absolute atomic E-state index is 13.3. The van der Waals surface area contributed by atoms with Crippen molar-refractivity contribution >= 4 is 5.91 Å². The van der Waals surface area contributed by atoms with Gasteiger partial charge in [0.1, 0.15) is 0 Å². The van der Waals surface area contributed by atoms with E-state index in [1.165, 1.54) is 26.1 Å². The predicted molar refractivity (Wildman–Crippen MR) is 99.3 cm³/mol. The Hall–Kier alpha value is -1.71. The van der Waals surface area contributed by atoms with Crippen LogP contribution < -0.4 is 5.32 Å². The van der Waals surface area contributed by atoms with Crippen LogP contribution in [0.1, 0.15) is 45.9 Å². The number of aromatic nitrogens is 1. The monoisotopic (exact) mass is 415 g/mol. The first-order valence-electron chi connectivity index (χ1n) is 9.65. The third-order valence-electron chi connectivity index (χ3n) is 5.44. The summed E-state index contributed by atoms with van der Waals surface area (Å²) in [4.78, 5) is 18.4. The normalized spacial score (nSPS) is 26.2. The van der Waals surface area contributed by atoms with Crippen molar-refractivity contribution < 1.29 is 27.8 Å². The van der Waals surface area contributed by atoms with E-state index in [4.69, 9.17) is 4.74 Å². The Morgan fingerprint density at radius 2 is 1.83 bits per heavy atom. The maximum atomic E-state index is 13.3. The zero-order valence-electron chi connectivity index (χ0n) is 17.2. The number of aliphatic hydroxyl groups is 1. The number of carbonyl (C=O) groups is 1. The molecule has 3 rings (SSSR count). The van der Waals surface area contributed by atoms with Crippen molar-refractivity contribution in [3.63, 3.8) is 0 Å². The molecule has 1 aliphatic carbocycles. The minimum atomic E-state index is -4.55. The summed E-state index contributed by atoms with van der Waals surface area (Å²) in [6.07, 6.45) is -4.30. The van der Waals surface area contributed by atoms with E-state index in [2.05, 4.69) is 10.3 Å². The summed E-state index contributed by atoms with van der Waals surface area (Å²) in [6.45, 7) is 9.60. The number of hydrogen-bond acceptors (Lipinski definition) is 5. The number of amides is 1. The number of aliphatic hydroxyl groups excluding tert-OH is 1. The number of piperidine rings is 1. The highest BCUT2D eigenvalue weighted by molar-refractivity contribution is 5.83. The minimum Gasteiger partial charge on any atom is -0.356 e. The second-order valence-corrected chi connectivity index (χ2v) is 9.38. The number of ether oxygens (including phenoxy) is 1. The first-order valence-corrected chi connectivity index (χ1v) is 9.65. The van der Waals surface area contributed by atoms with E-state index in [0.717, 1.165) is 6.07 Å². The fraction of sp³-hybridized carbons (Fsp3) is 0.700. The fourth-order valence-corrected chi connectivity index (χ4v) is 4.10. The quantitative estimate of drug-likeness (QED) is 0.724. The third kappa shape index (κ3) is 4.73. The summed E-state index contributed by atoms with van der Waals surface area (Å²) in [6, 6.07) is 2.20. The minimum absolute atomic E-state index is 0.0647. The average molecular weight is 415 g/mol. The van der Waals surface area contributed by atoms with Crippen LogP contribution in [0.2, 0.25) is 0 Å². The van der Waals surface area contributed by atoms with E-state index in [9.17, 15) is 23.1 Å². The molecule has 1 aromatic rings. The van der Waals surface area contributed by atoms with E-state index >= 15 is 0 Å². The molecular formula is C20H28F3N3O3. The highest BCUT2D eigenvalue weighted by Crippen LogP contribution is 2.52. The number of nitrogens with one attached hydrogen (secondary N) is 1. The molecule has 2 heterocycles. The molecule has 0 aromatic carbocycles. The molecule has 0 spiro atoms. The molecule has 162 valence electrons. The van der Waals surface area contributed by atoms with Crippen molar-refractivity contribution in [1.82, 2.24) is 15.2 Å². The van der Waals surface area contributed by atoms with Gasteiger partial charge in [0.05, 0.1) is 22.4 Å². The zero-order valence-corrected chi connectivity index (χ0v) is 17.2. The summed E-state index contributed by atoms with van der Waals surface area (Å²) in [7, 11) is 0. The smallest absolute Gasteiger partial charge is 0.356 e. The Balaban J connectivity index is 1.62. The van der Waals surface area contributed by atoms with Gasteiger partial charge in [-0.1, -0.05) is 0 Å². The van der Waals surface area contributed by atoms with Crippen LogP contribution in [0, 0.1) is 17.8 Å². The summed E-state index contributed by atoms with van der Waals surface area (Å²) >= 11 is 0. The van der Waals surface area contributed by atoms with Gasteiger partial charge in [-0.15, -0.1) is 0 Å². The standard InChI is InChI=1S/C20H28F3N3O3/c1-18(2,3)29-17(28)26-9-11-12(10-26)14(11)16(27)25-19(4,5)15-13(20(21,22)23)7-6-8-24-15/h6-8,11-12,14,17,28H,9-10H2,1-5H3,(H,25,27)/t11-,12+,14?,17?. The van der Waals surface area contributed by atoms with Crippen LogP contribution in [-0.4, -0.2) is 46.0 Å². The van der Waals surface area contributed by atoms with Crippen molar-refractivity contribution in [3.8, 4) is 0 Å². The topological polar surface area (TPSA) is 74.7 Å². The number of nitrogens with zero attached hydrogens (tertiary/aromatic N) is 2. The molecule has 1 saturated heterocycles. The van der Waals surface area contributed by atoms with Crippen LogP contribution in [0.3, 0.4) is 0 Å². The van der Waals surface area contributed by atoms with Gasteiger partial charge in [-0.25, -0.2) is 0 Å². The van der Waals surface area contributed by atoms with Gasteiger partial charge in [0, 0.05) is 25.2 Å². The van der Waals surface area contributed by atoms with Gasteiger partial charge in [-0.3, -0.25) is 14.7 Å². The summed E-state index contributed by atoms with van der Waals surface area (Å²) < 4.78 is 45.5. The van der Waals surface area contributed by atoms with Gasteiger partial charge in [0.15, 0.2) is 0 Å². The van der Waals surface area contributed by atoms with Gasteiger partial charge in [-0.05, 0) is 58.6 Å². The average Bonchev–Trinajstić information content (AvgIpc) is 3.07. The number of pyridine rings is 1. The number of likely N-dealkylation sites (tertiary alicyclic amines) is 1. The molecule has 6 nitrogen and oxygen atoms in total. The van der Waals surface area contributed by atoms with Gasteiger partial charge >= 0.3 is 6.18 Å². The lowest BCUT2D eigenvalue weighted by atomic mass is 9.94. The lowest BCUT2D eigenvalue weighted by Gasteiger charge is -2.32. The van der Waals surface area contributed by atoms with Gasteiger partial charge in [0.2, 0.25) is 12.3 Å². The number of carbonyl (C=O) groups excluding carboxylic acids is 1. The zero-order chi connectivity index (χ0) is 21.8. The van der Waals surface area contributed by atoms with Crippen molar-refractivity contribution in [2.24, 2.45) is 17.8 Å². The largest absolute Gasteiger partial charge is 0.418 e. The van der Waals surface area contributed by atoms with Gasteiger partial charge < -0.3 is 15.2 Å². The highest BCUT2D eigenvalue weighted by atomic mass is 19.4. The molecule has 2 N–H and O–H groups in total. The first-order chi connectivity index (χ1) is 13.2. The van der Waals surface area contributed by atoms with Crippen LogP contribution in [0.4, 0.5) is 13.2 Å². The summed E-state index contributed by atoms with van der Waals surface area (Å²) in [5.41, 5.74) is -2.82. The van der Waals surface area contributed by atoms with E-state index < -0.39 is 29.3 Å². The van der Waals surface area contributed by atoms with Crippen molar-refractivity contribution in [2.45, 2.75) is 58.3 Å². The molecule has 0 bridgehead atoms. The molecule has 9 heteroatoms. The van der Waals surface area contributed by atoms with Crippen LogP contribution >= 0.6 is 0 Å². The second kappa shape index (κ2) is 7.21. The van der Waals surface area contributed by atoms with Crippen molar-refractivity contribution in [2.75, 3.05) is 13.1 Å². The number of hydrogen-bond donors (Lipinski definition) is 2. The SMILES string of the molecule is CC(C)(C)OC(O)N1C[C@@H]2C(C(=O)NC(C)(C)c3ncccc3C(F)(F)F)[C@@H]2C1. The Morgan fingerprint density at radius 1 is 1.24 bits per heavy atom. The van der Waals surface area contributed by atoms with E-state index in [-0.39, 0.29) is 29.4 Å². The highest BCUT2D eigenvalue weighted by Gasteiger charge is 2.61. The summed E-state index contributed by atoms with van der Waals surface area (Å²) in [5.74, 6) is -0.426. The van der Waals surface area contributed by atoms with Crippen LogP contribution in [-0.2, 0) is 21.2 Å². The van der Waals surface area contributed by atoms with E-state index in [1.807, 2.05) is 20.8 Å². The molecule has 1 amide bonds. The number of alkyl halides is 3. The molecule has 2 fully saturated rings. The Kier molecular flexibility index (Phi) is 5.47. The van der Waals surface area contributed by atoms with Crippen LogP contribution in [0.15, 0.2) is 18.3 Å². The van der Waals surface area contributed by atoms with Gasteiger partial charge in [-0.2, -0.15) is 13.2 Å². The Bertz CT molecular complexity index is 764. The number of halogens is 3. The molecule has 1 saturated carbocycles. The molecule has 2 aliphatic rings. The van der Waals surface area contributed by atoms with Crippen molar-refractivity contribution in [1.29, 1.82) is 0 Å².